The van der Waals surface area contributed by atoms with E-state index < -0.39 is 0 Å². The second-order valence-electron chi connectivity index (χ2n) is 33.1. The van der Waals surface area contributed by atoms with Crippen LogP contribution in [0, 0.1) is 19.7 Å². The molecule has 0 bridgehead atoms. The van der Waals surface area contributed by atoms with Crippen LogP contribution in [0.5, 0.6) is 0 Å². The molecule has 0 saturated carbocycles. The van der Waals surface area contributed by atoms with Crippen LogP contribution in [0.25, 0.3) is 244 Å². The number of benzene rings is 18. The Kier molecular flexibility index (Phi) is 18.2. The van der Waals surface area contributed by atoms with Crippen molar-refractivity contribution in [1.82, 2.24) is 39.0 Å². The average Bonchev–Trinajstić information content (AvgIpc) is 1.58. The molecule has 0 N–H and O–H groups in total. The molecule has 8 heterocycles. The summed E-state index contributed by atoms with van der Waals surface area (Å²) in [6, 6.07) is 138. The molecule has 0 fully saturated rings. The van der Waals surface area contributed by atoms with Crippen LogP contribution in [0.1, 0.15) is 22.6 Å². The first-order valence-corrected chi connectivity index (χ1v) is 45.2. The summed E-state index contributed by atoms with van der Waals surface area (Å²) in [7, 11) is 0. The number of hydrogen-bond donors (Lipinski definition) is 0. The maximum Gasteiger partial charge on any atom is 0.187 e. The molecule has 14 heteroatoms. The van der Waals surface area contributed by atoms with Crippen molar-refractivity contribution in [2.75, 3.05) is 0 Å². The minimum absolute atomic E-state index is 0.116. The first kappa shape index (κ1) is 76.7. The van der Waals surface area contributed by atoms with E-state index in [4.69, 9.17) is 54.0 Å². The standard InChI is InChI=1S/C40H23N3S.C39H22N4O.C39H22N4S/c1-41-27-19-17-24(18-20-27)39-31-14-4-6-15-35(31)42-40(43-39)26-10-8-9-25(21-26)38-30-13-3-2-11-28(30)32-23-37-33(22-34(32)38)29-12-5-7-16-36(29)44-37;2*1-40-26-18-14-24(15-19-26)38-30-10-2-5-11-33(30)41-39(42-38)25-16-20-27(21-17-25)43-34-12-6-3-8-28(34)31-23-37-32(22-35(31)43)29-9-4-7-13-36(29)44-37/h2-23,38H;2*2-23H. The molecule has 0 spiro atoms. The third-order valence-corrected chi connectivity index (χ3v) is 27.9. The van der Waals surface area contributed by atoms with Gasteiger partial charge in [-0.15, -0.1) is 22.7 Å². The van der Waals surface area contributed by atoms with Crippen molar-refractivity contribution in [2.24, 2.45) is 0 Å². The predicted molar refractivity (Wildman–Crippen MR) is 545 cm³/mol. The summed E-state index contributed by atoms with van der Waals surface area (Å²) in [6.07, 6.45) is 0. The van der Waals surface area contributed by atoms with Gasteiger partial charge in [0.05, 0.1) is 75.4 Å². The van der Waals surface area contributed by atoms with Crippen LogP contribution >= 0.6 is 22.7 Å². The first-order valence-electron chi connectivity index (χ1n) is 43.5. The molecule has 0 saturated heterocycles. The Morgan fingerprint density at radius 3 is 1.15 bits per heavy atom. The third-order valence-electron chi connectivity index (χ3n) is 25.6. The Bertz CT molecular complexity index is 9030. The SMILES string of the molecule is [C-]#[N+]c1ccc(-c2nc(-c3ccc(-n4c5ccccc5c5cc6oc7ccccc7c6cc54)cc3)nc3ccccc23)cc1.[C-]#[N+]c1ccc(-c2nc(-c3ccc(-n4c5ccccc5c5cc6sc7ccccc7c6cc54)cc3)nc3ccccc23)cc1.[C-]#[N+]c1ccc(-c2nc(-c3cccc(C4c5ccccc5-c5cc6sc7ccccc7c6cc54)c3)nc3ccccc23)cc1. The smallest absolute Gasteiger partial charge is 0.187 e. The van der Waals surface area contributed by atoms with Crippen molar-refractivity contribution < 1.29 is 4.42 Å². The van der Waals surface area contributed by atoms with Gasteiger partial charge in [0.25, 0.3) is 0 Å². The van der Waals surface area contributed by atoms with Crippen molar-refractivity contribution in [2.45, 2.75) is 5.92 Å². The number of hydrogen-bond acceptors (Lipinski definition) is 9. The Hall–Kier alpha value is -17.7. The second-order valence-corrected chi connectivity index (χ2v) is 35.3. The van der Waals surface area contributed by atoms with Gasteiger partial charge in [-0.1, -0.05) is 261 Å². The van der Waals surface area contributed by atoms with E-state index in [1.807, 2.05) is 168 Å². The number of aromatic nitrogens is 8. The number of thiophene rings is 2. The van der Waals surface area contributed by atoms with Gasteiger partial charge in [0.1, 0.15) is 11.2 Å². The van der Waals surface area contributed by atoms with E-state index in [2.05, 4.69) is 278 Å². The molecule has 26 aromatic rings. The van der Waals surface area contributed by atoms with Gasteiger partial charge in [-0.25, -0.2) is 44.4 Å². The van der Waals surface area contributed by atoms with E-state index >= 15 is 0 Å². The first-order chi connectivity index (χ1) is 65.2. The molecule has 12 nitrogen and oxygen atoms in total. The van der Waals surface area contributed by atoms with E-state index in [1.165, 1.54) is 95.4 Å². The fourth-order valence-electron chi connectivity index (χ4n) is 19.4. The highest BCUT2D eigenvalue weighted by atomic mass is 32.1. The second kappa shape index (κ2) is 31.4. The van der Waals surface area contributed by atoms with Crippen molar-refractivity contribution in [3.8, 4) is 90.4 Å². The van der Waals surface area contributed by atoms with Gasteiger partial charge >= 0.3 is 0 Å². The van der Waals surface area contributed by atoms with Crippen LogP contribution in [0.3, 0.4) is 0 Å². The van der Waals surface area contributed by atoms with Crippen molar-refractivity contribution in [1.29, 1.82) is 0 Å². The Morgan fingerprint density at radius 1 is 0.242 bits per heavy atom. The summed E-state index contributed by atoms with van der Waals surface area (Å²) >= 11 is 3.73. The van der Waals surface area contributed by atoms with Crippen molar-refractivity contribution in [3.63, 3.8) is 0 Å². The topological polar surface area (TPSA) is 113 Å². The molecule has 8 aromatic heterocycles. The lowest BCUT2D eigenvalue weighted by Crippen LogP contribution is -2.01. The van der Waals surface area contributed by atoms with Gasteiger partial charge in [0, 0.05) is 123 Å². The molecular formula is C118H67N11OS2. The zero-order valence-electron chi connectivity index (χ0n) is 70.3. The van der Waals surface area contributed by atoms with Gasteiger partial charge in [-0.05, 0) is 184 Å². The summed E-state index contributed by atoms with van der Waals surface area (Å²) < 4.78 is 16.2. The van der Waals surface area contributed by atoms with Gasteiger partial charge in [0.2, 0.25) is 0 Å². The van der Waals surface area contributed by atoms with E-state index in [0.29, 0.717) is 34.5 Å². The fourth-order valence-corrected chi connectivity index (χ4v) is 21.7. The zero-order chi connectivity index (χ0) is 87.6. The van der Waals surface area contributed by atoms with Gasteiger partial charge in [0.15, 0.2) is 34.5 Å². The van der Waals surface area contributed by atoms with Crippen molar-refractivity contribution in [3.05, 3.63) is 451 Å². The molecule has 0 radical (unpaired) electrons. The minimum Gasteiger partial charge on any atom is -0.456 e. The van der Waals surface area contributed by atoms with Gasteiger partial charge in [-0.2, -0.15) is 0 Å². The Morgan fingerprint density at radius 2 is 0.644 bits per heavy atom. The maximum absolute atomic E-state index is 7.35. The average molecular weight is 1720 g/mol. The molecule has 1 atom stereocenters. The van der Waals surface area contributed by atoms with Crippen LogP contribution in [0.4, 0.5) is 17.1 Å². The molecule has 1 aliphatic carbocycles. The van der Waals surface area contributed by atoms with Gasteiger partial charge < -0.3 is 13.6 Å². The lowest BCUT2D eigenvalue weighted by molar-refractivity contribution is 0.669. The lowest BCUT2D eigenvalue weighted by atomic mass is 9.88. The van der Waals surface area contributed by atoms with E-state index in [1.54, 1.807) is 0 Å². The fraction of sp³-hybridized carbons (Fsp3) is 0.00847. The number of fused-ring (bicyclic) bond motifs is 21. The molecule has 27 rings (SSSR count). The van der Waals surface area contributed by atoms with E-state index in [9.17, 15) is 0 Å². The molecule has 1 aliphatic rings. The zero-order valence-corrected chi connectivity index (χ0v) is 72.0. The third kappa shape index (κ3) is 13.0. The number of para-hydroxylation sites is 6. The van der Waals surface area contributed by atoms with Crippen LogP contribution in [0.15, 0.2) is 405 Å². The number of rotatable bonds is 9. The number of nitrogens with zero attached hydrogens (tertiary/aromatic N) is 11. The van der Waals surface area contributed by atoms with Crippen LogP contribution < -0.4 is 0 Å². The molecular weight excluding hydrogens is 1650 g/mol. The molecule has 0 amide bonds. The summed E-state index contributed by atoms with van der Waals surface area (Å²) in [5.74, 6) is 2.15. The molecule has 18 aromatic carbocycles. The Balaban J connectivity index is 0.000000106. The summed E-state index contributed by atoms with van der Waals surface area (Å²) in [5.41, 5.74) is 28.0. The van der Waals surface area contributed by atoms with E-state index in [0.717, 1.165) is 133 Å². The highest BCUT2D eigenvalue weighted by Gasteiger charge is 2.32. The van der Waals surface area contributed by atoms with Crippen LogP contribution in [-0.2, 0) is 0 Å². The quantitative estimate of drug-likeness (QED) is 0.132. The van der Waals surface area contributed by atoms with Gasteiger partial charge in [-0.3, -0.25) is 0 Å². The number of furan rings is 1. The highest BCUT2D eigenvalue weighted by Crippen LogP contribution is 2.53. The monoisotopic (exact) mass is 1720 g/mol. The van der Waals surface area contributed by atoms with E-state index in [-0.39, 0.29) is 5.92 Å². The summed E-state index contributed by atoms with van der Waals surface area (Å²) in [4.78, 5) is 40.8. The molecule has 612 valence electrons. The van der Waals surface area contributed by atoms with Crippen molar-refractivity contribution >= 4 is 178 Å². The molecule has 0 aliphatic heterocycles. The molecule has 132 heavy (non-hydrogen) atoms. The lowest BCUT2D eigenvalue weighted by Gasteiger charge is -2.16. The van der Waals surface area contributed by atoms with Crippen LogP contribution in [-0.4, -0.2) is 39.0 Å². The summed E-state index contributed by atoms with van der Waals surface area (Å²) in [5, 5.41) is 15.3. The minimum atomic E-state index is 0.116. The highest BCUT2D eigenvalue weighted by molar-refractivity contribution is 7.26. The predicted octanol–water partition coefficient (Wildman–Crippen LogP) is 32.5. The summed E-state index contributed by atoms with van der Waals surface area (Å²) in [6.45, 7) is 22.0. The Labute approximate surface area is 763 Å². The normalized spacial score (nSPS) is 12.3. The van der Waals surface area contributed by atoms with Crippen LogP contribution in [0.2, 0.25) is 0 Å². The molecule has 1 unspecified atom stereocenters. The largest absolute Gasteiger partial charge is 0.456 e. The maximum atomic E-state index is 7.35.